The number of hydrogen-bond donors (Lipinski definition) is 1. The summed E-state index contributed by atoms with van der Waals surface area (Å²) in [6.07, 6.45) is 0. The Kier molecular flexibility index (Phi) is 2.56. The van der Waals surface area contributed by atoms with Crippen molar-refractivity contribution in [1.82, 2.24) is 4.98 Å². The van der Waals surface area contributed by atoms with Crippen LogP contribution < -0.4 is 5.43 Å². The van der Waals surface area contributed by atoms with Crippen molar-refractivity contribution in [1.29, 1.82) is 0 Å². The Bertz CT molecular complexity index is 792. The van der Waals surface area contributed by atoms with Crippen molar-refractivity contribution in [2.24, 2.45) is 0 Å². The van der Waals surface area contributed by atoms with Gasteiger partial charge in [-0.05, 0) is 36.4 Å². The van der Waals surface area contributed by atoms with Crippen LogP contribution in [0.2, 0.25) is 0 Å². The summed E-state index contributed by atoms with van der Waals surface area (Å²) in [5.41, 5.74) is 1.76. The zero-order chi connectivity index (χ0) is 12.0. The Labute approximate surface area is 114 Å². The van der Waals surface area contributed by atoms with E-state index in [1.165, 1.54) is 0 Å². The number of pyridine rings is 1. The molecule has 0 amide bonds. The fourth-order valence-corrected chi connectivity index (χ4v) is 2.64. The Morgan fingerprint density at radius 2 is 1.53 bits per heavy atom. The number of H-pyrrole nitrogens is 1. The van der Waals surface area contributed by atoms with Gasteiger partial charge in [-0.15, -0.1) is 0 Å². The van der Waals surface area contributed by atoms with Gasteiger partial charge in [-0.2, -0.15) is 0 Å². The minimum Gasteiger partial charge on any atom is -0.354 e. The lowest BCUT2D eigenvalue weighted by Gasteiger charge is -2.03. The van der Waals surface area contributed by atoms with Crippen LogP contribution in [0.25, 0.3) is 21.8 Å². The Morgan fingerprint density at radius 3 is 2.35 bits per heavy atom. The fourth-order valence-electron chi connectivity index (χ4n) is 1.92. The molecule has 0 aliphatic rings. The molecule has 3 aromatic rings. The molecule has 0 atom stereocenters. The Balaban J connectivity index is 2.57. The monoisotopic (exact) mass is 351 g/mol. The quantitative estimate of drug-likeness (QED) is 0.604. The summed E-state index contributed by atoms with van der Waals surface area (Å²) in [7, 11) is 0. The van der Waals surface area contributed by atoms with Crippen LogP contribution in [-0.2, 0) is 0 Å². The summed E-state index contributed by atoms with van der Waals surface area (Å²) < 4.78 is 1.86. The van der Waals surface area contributed by atoms with Crippen molar-refractivity contribution in [3.63, 3.8) is 0 Å². The van der Waals surface area contributed by atoms with Crippen molar-refractivity contribution < 1.29 is 0 Å². The van der Waals surface area contributed by atoms with Crippen molar-refractivity contribution >= 4 is 53.7 Å². The highest BCUT2D eigenvalue weighted by Crippen LogP contribution is 2.21. The second-order valence-corrected chi connectivity index (χ2v) is 5.67. The van der Waals surface area contributed by atoms with Gasteiger partial charge in [0.15, 0.2) is 5.43 Å². The van der Waals surface area contributed by atoms with Gasteiger partial charge in [0.25, 0.3) is 0 Å². The largest absolute Gasteiger partial charge is 0.354 e. The average molecular weight is 353 g/mol. The molecule has 4 heteroatoms. The van der Waals surface area contributed by atoms with E-state index in [9.17, 15) is 4.79 Å². The summed E-state index contributed by atoms with van der Waals surface area (Å²) in [5.74, 6) is 0. The second-order valence-electron chi connectivity index (χ2n) is 3.83. The fraction of sp³-hybridized carbons (Fsp3) is 0. The average Bonchev–Trinajstić information content (AvgIpc) is 2.30. The van der Waals surface area contributed by atoms with Gasteiger partial charge in [-0.3, -0.25) is 4.79 Å². The third-order valence-corrected chi connectivity index (χ3v) is 3.71. The van der Waals surface area contributed by atoms with E-state index >= 15 is 0 Å². The summed E-state index contributed by atoms with van der Waals surface area (Å²) in [4.78, 5) is 15.6. The van der Waals surface area contributed by atoms with Crippen molar-refractivity contribution in [3.05, 3.63) is 55.6 Å². The summed E-state index contributed by atoms with van der Waals surface area (Å²) in [6, 6.07) is 11.3. The zero-order valence-corrected chi connectivity index (χ0v) is 11.8. The number of aromatic amines is 1. The molecule has 3 rings (SSSR count). The van der Waals surface area contributed by atoms with Crippen LogP contribution in [-0.4, -0.2) is 4.98 Å². The number of rotatable bonds is 0. The van der Waals surface area contributed by atoms with Crippen LogP contribution in [0.15, 0.2) is 50.1 Å². The number of hydrogen-bond acceptors (Lipinski definition) is 1. The Morgan fingerprint density at radius 1 is 0.824 bits per heavy atom. The predicted molar refractivity (Wildman–Crippen MR) is 77.5 cm³/mol. The van der Waals surface area contributed by atoms with Crippen molar-refractivity contribution in [2.45, 2.75) is 0 Å². The Hall–Kier alpha value is -1.13. The molecule has 0 spiro atoms. The first-order valence-electron chi connectivity index (χ1n) is 5.06. The third-order valence-electron chi connectivity index (χ3n) is 2.72. The zero-order valence-electron chi connectivity index (χ0n) is 8.63. The topological polar surface area (TPSA) is 32.9 Å². The molecule has 0 radical (unpaired) electrons. The molecule has 0 saturated heterocycles. The lowest BCUT2D eigenvalue weighted by molar-refractivity contribution is 1.47. The molecule has 0 aliphatic heterocycles. The van der Waals surface area contributed by atoms with E-state index in [4.69, 9.17) is 0 Å². The number of fused-ring (bicyclic) bond motifs is 2. The highest BCUT2D eigenvalue weighted by Gasteiger charge is 2.05. The molecule has 84 valence electrons. The second kappa shape index (κ2) is 3.96. The molecule has 0 fully saturated rings. The molecule has 2 aromatic carbocycles. The standard InChI is InChI=1S/C13H7Br2NO/c14-7-2-4-11-10(5-7)13(17)9-3-1-8(15)6-12(9)16-11/h1-6H,(H,16,17). The van der Waals surface area contributed by atoms with Crippen LogP contribution in [0.4, 0.5) is 0 Å². The van der Waals surface area contributed by atoms with Crippen LogP contribution >= 0.6 is 31.9 Å². The number of halogens is 2. The van der Waals surface area contributed by atoms with Gasteiger partial charge in [-0.25, -0.2) is 0 Å². The number of nitrogens with one attached hydrogen (secondary N) is 1. The number of aromatic nitrogens is 1. The van der Waals surface area contributed by atoms with Gasteiger partial charge in [0.05, 0.1) is 5.52 Å². The molecule has 1 N–H and O–H groups in total. The summed E-state index contributed by atoms with van der Waals surface area (Å²) in [6.45, 7) is 0. The molecule has 0 unspecified atom stereocenters. The van der Waals surface area contributed by atoms with Gasteiger partial charge in [-0.1, -0.05) is 31.9 Å². The third kappa shape index (κ3) is 1.81. The lowest BCUT2D eigenvalue weighted by Crippen LogP contribution is -2.03. The predicted octanol–water partition coefficient (Wildman–Crippen LogP) is 4.21. The molecule has 0 bridgehead atoms. The molecule has 1 heterocycles. The molecule has 17 heavy (non-hydrogen) atoms. The van der Waals surface area contributed by atoms with Crippen molar-refractivity contribution in [2.75, 3.05) is 0 Å². The first kappa shape index (κ1) is 11.0. The number of benzene rings is 2. The molecule has 1 aromatic heterocycles. The maximum atomic E-state index is 12.3. The maximum absolute atomic E-state index is 12.3. The van der Waals surface area contributed by atoms with E-state index < -0.39 is 0 Å². The van der Waals surface area contributed by atoms with Crippen LogP contribution in [0.3, 0.4) is 0 Å². The highest BCUT2D eigenvalue weighted by atomic mass is 79.9. The SMILES string of the molecule is O=c1c2ccc(Br)cc2[nH]c2ccc(Br)cc12. The first-order valence-corrected chi connectivity index (χ1v) is 6.64. The van der Waals surface area contributed by atoms with Crippen molar-refractivity contribution in [3.8, 4) is 0 Å². The molecule has 0 aliphatic carbocycles. The van der Waals surface area contributed by atoms with E-state index in [0.717, 1.165) is 20.0 Å². The van der Waals surface area contributed by atoms with E-state index in [1.807, 2.05) is 36.4 Å². The maximum Gasteiger partial charge on any atom is 0.197 e. The van der Waals surface area contributed by atoms with Gasteiger partial charge < -0.3 is 4.98 Å². The lowest BCUT2D eigenvalue weighted by atomic mass is 10.1. The van der Waals surface area contributed by atoms with E-state index in [2.05, 4.69) is 36.8 Å². The minimum atomic E-state index is 0.0579. The van der Waals surface area contributed by atoms with Gasteiger partial charge in [0, 0.05) is 25.2 Å². The minimum absolute atomic E-state index is 0.0579. The molecule has 2 nitrogen and oxygen atoms in total. The summed E-state index contributed by atoms with van der Waals surface area (Å²) >= 11 is 6.79. The molecule has 0 saturated carbocycles. The first-order chi connectivity index (χ1) is 8.15. The summed E-state index contributed by atoms with van der Waals surface area (Å²) in [5, 5.41) is 1.41. The van der Waals surface area contributed by atoms with Gasteiger partial charge in [0.1, 0.15) is 0 Å². The highest BCUT2D eigenvalue weighted by molar-refractivity contribution is 9.10. The molecular weight excluding hydrogens is 346 g/mol. The van der Waals surface area contributed by atoms with E-state index in [1.54, 1.807) is 0 Å². The normalized spacial score (nSPS) is 11.2. The van der Waals surface area contributed by atoms with Gasteiger partial charge in [0.2, 0.25) is 0 Å². The van der Waals surface area contributed by atoms with Crippen LogP contribution in [0, 0.1) is 0 Å². The van der Waals surface area contributed by atoms with Crippen LogP contribution in [0.1, 0.15) is 0 Å². The van der Waals surface area contributed by atoms with Gasteiger partial charge >= 0.3 is 0 Å². The van der Waals surface area contributed by atoms with E-state index in [0.29, 0.717) is 10.8 Å². The van der Waals surface area contributed by atoms with E-state index in [-0.39, 0.29) is 5.43 Å². The molecular formula is C13H7Br2NO. The van der Waals surface area contributed by atoms with Crippen LogP contribution in [0.5, 0.6) is 0 Å². The smallest absolute Gasteiger partial charge is 0.197 e.